The van der Waals surface area contributed by atoms with Gasteiger partial charge in [0.1, 0.15) is 0 Å². The second kappa shape index (κ2) is 3.46. The third-order valence-corrected chi connectivity index (χ3v) is 5.42. The molecule has 0 aromatic carbocycles. The zero-order chi connectivity index (χ0) is 12.0. The van der Waals surface area contributed by atoms with Crippen LogP contribution in [-0.2, 0) is 4.18 Å². The molecule has 3 atom stereocenters. The second-order valence-corrected chi connectivity index (χ2v) is 7.80. The van der Waals surface area contributed by atoms with Crippen LogP contribution in [0.5, 0.6) is 0 Å². The molecule has 1 fully saturated rings. The molecule has 94 valence electrons. The number of hydrogen-bond acceptors (Lipinski definition) is 1. The van der Waals surface area contributed by atoms with Crippen molar-refractivity contribution in [1.82, 2.24) is 0 Å². The van der Waals surface area contributed by atoms with Crippen molar-refractivity contribution < 1.29 is 23.6 Å². The van der Waals surface area contributed by atoms with Gasteiger partial charge in [-0.25, -0.2) is 4.18 Å². The highest BCUT2D eigenvalue weighted by atomic mass is 79.9. The Bertz CT molecular complexity index is 254. The van der Waals surface area contributed by atoms with Gasteiger partial charge in [-0.1, -0.05) is 51.3 Å². The normalized spacial score (nSPS) is 38.2. The van der Waals surface area contributed by atoms with Crippen molar-refractivity contribution in [2.45, 2.75) is 35.0 Å². The van der Waals surface area contributed by atoms with E-state index in [2.05, 4.69) is 36.0 Å². The number of alkyl halides is 2. The molecule has 0 aromatic heterocycles. The Labute approximate surface area is 101 Å². The molecular weight excluding hydrogens is 375 g/mol. The largest absolute Gasteiger partial charge is 0.397 e. The minimum Gasteiger partial charge on any atom is -0.236 e. The van der Waals surface area contributed by atoms with Gasteiger partial charge in [0, 0.05) is 9.65 Å². The van der Waals surface area contributed by atoms with Crippen molar-refractivity contribution in [3.63, 3.8) is 0 Å². The molecule has 1 aliphatic carbocycles. The van der Waals surface area contributed by atoms with Crippen molar-refractivity contribution in [3.8, 4) is 0 Å². The number of halogens is 7. The van der Waals surface area contributed by atoms with Gasteiger partial charge in [-0.15, -0.1) is 0 Å². The van der Waals surface area contributed by atoms with Crippen LogP contribution in [0.15, 0.2) is 0 Å². The Kier molecular flexibility index (Phi) is 3.22. The first kappa shape index (κ1) is 14.0. The van der Waals surface area contributed by atoms with Crippen LogP contribution in [0.1, 0.15) is 19.3 Å². The summed E-state index contributed by atoms with van der Waals surface area (Å²) in [6.07, 6.45) is -1.20. The van der Waals surface area contributed by atoms with Gasteiger partial charge in [0.05, 0.1) is 6.10 Å². The van der Waals surface area contributed by atoms with Gasteiger partial charge < -0.3 is 0 Å². The summed E-state index contributed by atoms with van der Waals surface area (Å²) in [7, 11) is -9.73. The summed E-state index contributed by atoms with van der Waals surface area (Å²) in [4.78, 5) is -0.285. The molecular formula is C6H9Br2F5OS. The fourth-order valence-electron chi connectivity index (χ4n) is 1.39. The minimum atomic E-state index is -9.73. The van der Waals surface area contributed by atoms with Gasteiger partial charge in [-0.3, -0.25) is 0 Å². The molecule has 15 heavy (non-hydrogen) atoms. The Balaban J connectivity index is 2.63. The minimum absolute atomic E-state index is 0.00382. The lowest BCUT2D eigenvalue weighted by molar-refractivity contribution is 0.0773. The van der Waals surface area contributed by atoms with Crippen LogP contribution >= 0.6 is 42.4 Å². The first-order chi connectivity index (χ1) is 6.36. The standard InChI is InChI=1S/C6H9Br2F5OS/c7-5-2-1-4(3-6(5)8)14-15(9,10,11,12)13/h4-6H,1-3H2. The highest BCUT2D eigenvalue weighted by Crippen LogP contribution is 2.99. The van der Waals surface area contributed by atoms with Crippen molar-refractivity contribution in [2.75, 3.05) is 0 Å². The summed E-state index contributed by atoms with van der Waals surface area (Å²) >= 11 is 6.34. The van der Waals surface area contributed by atoms with Crippen LogP contribution in [0.4, 0.5) is 19.4 Å². The Hall–Kier alpha value is 0.920. The van der Waals surface area contributed by atoms with Crippen LogP contribution < -0.4 is 0 Å². The zero-order valence-corrected chi connectivity index (χ0v) is 11.3. The Morgan fingerprint density at radius 1 is 0.933 bits per heavy atom. The van der Waals surface area contributed by atoms with Crippen LogP contribution in [0.2, 0.25) is 0 Å². The van der Waals surface area contributed by atoms with Crippen molar-refractivity contribution in [1.29, 1.82) is 0 Å². The van der Waals surface area contributed by atoms with Gasteiger partial charge in [0.15, 0.2) is 0 Å². The molecule has 9 heteroatoms. The van der Waals surface area contributed by atoms with E-state index in [1.165, 1.54) is 0 Å². The lowest BCUT2D eigenvalue weighted by atomic mass is 9.98. The van der Waals surface area contributed by atoms with E-state index in [1.807, 2.05) is 0 Å². The monoisotopic (exact) mass is 382 g/mol. The van der Waals surface area contributed by atoms with E-state index in [0.29, 0.717) is 6.42 Å². The van der Waals surface area contributed by atoms with Crippen LogP contribution in [0.3, 0.4) is 0 Å². The zero-order valence-electron chi connectivity index (χ0n) is 7.32. The first-order valence-corrected chi connectivity index (χ1v) is 7.78. The number of rotatable bonds is 2. The van der Waals surface area contributed by atoms with Crippen LogP contribution in [0, 0.1) is 0 Å². The average Bonchev–Trinajstić information content (AvgIpc) is 1.91. The molecule has 1 rings (SSSR count). The van der Waals surface area contributed by atoms with E-state index < -0.39 is 16.6 Å². The third-order valence-electron chi connectivity index (χ3n) is 1.96. The predicted octanol–water partition coefficient (Wildman–Crippen LogP) is 5.30. The molecule has 1 aliphatic rings. The van der Waals surface area contributed by atoms with E-state index in [1.54, 1.807) is 0 Å². The summed E-state index contributed by atoms with van der Waals surface area (Å²) in [6, 6.07) is 0. The Morgan fingerprint density at radius 3 is 1.87 bits per heavy atom. The van der Waals surface area contributed by atoms with Crippen molar-refractivity contribution in [2.24, 2.45) is 0 Å². The summed E-state index contributed by atoms with van der Waals surface area (Å²) in [6.45, 7) is 0. The van der Waals surface area contributed by atoms with Crippen molar-refractivity contribution in [3.05, 3.63) is 0 Å². The van der Waals surface area contributed by atoms with Crippen molar-refractivity contribution >= 4 is 42.4 Å². The van der Waals surface area contributed by atoms with E-state index in [4.69, 9.17) is 0 Å². The summed E-state index contributed by atoms with van der Waals surface area (Å²) in [5.41, 5.74) is 0. The average molecular weight is 384 g/mol. The molecule has 0 aromatic rings. The molecule has 0 bridgehead atoms. The maximum atomic E-state index is 12.0. The predicted molar refractivity (Wildman–Crippen MR) is 57.3 cm³/mol. The van der Waals surface area contributed by atoms with Crippen LogP contribution in [0.25, 0.3) is 0 Å². The maximum absolute atomic E-state index is 12.0. The molecule has 1 nitrogen and oxygen atoms in total. The summed E-state index contributed by atoms with van der Waals surface area (Å²) in [5.74, 6) is 0. The molecule has 0 spiro atoms. The molecule has 3 unspecified atom stereocenters. The van der Waals surface area contributed by atoms with Gasteiger partial charge in [-0.2, -0.15) is 0 Å². The second-order valence-electron chi connectivity index (χ2n) is 3.46. The van der Waals surface area contributed by atoms with E-state index in [9.17, 15) is 19.4 Å². The van der Waals surface area contributed by atoms with Gasteiger partial charge in [0.2, 0.25) is 0 Å². The van der Waals surface area contributed by atoms with E-state index in [0.717, 1.165) is 0 Å². The lowest BCUT2D eigenvalue weighted by Gasteiger charge is -2.43. The quantitative estimate of drug-likeness (QED) is 0.464. The highest BCUT2D eigenvalue weighted by molar-refractivity contribution is 9.12. The molecule has 0 amide bonds. The maximum Gasteiger partial charge on any atom is 0.397 e. The van der Waals surface area contributed by atoms with E-state index >= 15 is 0 Å². The van der Waals surface area contributed by atoms with Gasteiger partial charge in [0.25, 0.3) is 0 Å². The fourth-order valence-corrected chi connectivity index (χ4v) is 3.24. The first-order valence-electron chi connectivity index (χ1n) is 4.08. The Morgan fingerprint density at radius 2 is 1.47 bits per heavy atom. The molecule has 0 radical (unpaired) electrons. The fraction of sp³-hybridized carbons (Fsp3) is 1.00. The van der Waals surface area contributed by atoms with Gasteiger partial charge in [-0.05, 0) is 19.3 Å². The summed E-state index contributed by atoms with van der Waals surface area (Å²) < 4.78 is 63.0. The molecule has 0 N–H and O–H groups in total. The summed E-state index contributed by atoms with van der Waals surface area (Å²) in [5, 5.41) is 0. The molecule has 1 saturated carbocycles. The number of hydrogen-bond donors (Lipinski definition) is 0. The molecule has 0 saturated heterocycles. The molecule has 0 aliphatic heterocycles. The lowest BCUT2D eigenvalue weighted by Crippen LogP contribution is -2.32. The topological polar surface area (TPSA) is 9.23 Å². The van der Waals surface area contributed by atoms with Gasteiger partial charge >= 0.3 is 10.5 Å². The van der Waals surface area contributed by atoms with E-state index in [-0.39, 0.29) is 22.5 Å². The molecule has 0 heterocycles. The smallest absolute Gasteiger partial charge is 0.236 e. The third kappa shape index (κ3) is 5.69. The SMILES string of the molecule is FS(F)(F)(F)(F)OC1CCC(Br)C(Br)C1. The highest BCUT2D eigenvalue weighted by Gasteiger charge is 2.67. The van der Waals surface area contributed by atoms with Crippen LogP contribution in [-0.4, -0.2) is 15.8 Å².